The zero-order valence-electron chi connectivity index (χ0n) is 15.8. The van der Waals surface area contributed by atoms with Crippen LogP contribution in [0.5, 0.6) is 0 Å². The molecule has 3 atom stereocenters. The fourth-order valence-corrected chi connectivity index (χ4v) is 2.60. The van der Waals surface area contributed by atoms with Crippen molar-refractivity contribution >= 4 is 35.5 Å². The molecule has 0 bridgehead atoms. The summed E-state index contributed by atoms with van der Waals surface area (Å²) in [4.78, 5) is 47.0. The smallest absolute Gasteiger partial charge is 0.322 e. The molecule has 0 saturated heterocycles. The van der Waals surface area contributed by atoms with Crippen LogP contribution >= 0.6 is 11.8 Å². The summed E-state index contributed by atoms with van der Waals surface area (Å²) < 4.78 is 0. The second-order valence-electron chi connectivity index (χ2n) is 6.08. The molecule has 0 aliphatic carbocycles. The van der Waals surface area contributed by atoms with E-state index in [1.165, 1.54) is 6.92 Å². The first-order valence-corrected chi connectivity index (χ1v) is 10.2. The van der Waals surface area contributed by atoms with Crippen LogP contribution in [0.1, 0.15) is 32.6 Å². The number of nitrogens with two attached hydrogens (primary N) is 2. The molecule has 156 valence electrons. The largest absolute Gasteiger partial charge is 0.480 e. The summed E-state index contributed by atoms with van der Waals surface area (Å²) in [6, 6.07) is -2.52. The van der Waals surface area contributed by atoms with Crippen molar-refractivity contribution in [3.63, 3.8) is 0 Å². The minimum atomic E-state index is -1.19. The van der Waals surface area contributed by atoms with Crippen LogP contribution in [0.4, 0.5) is 0 Å². The van der Waals surface area contributed by atoms with E-state index in [2.05, 4.69) is 16.0 Å². The number of thioether (sulfide) groups is 1. The second kappa shape index (κ2) is 14.2. The summed E-state index contributed by atoms with van der Waals surface area (Å²) in [6.45, 7) is 1.35. The Morgan fingerprint density at radius 1 is 1.04 bits per heavy atom. The van der Waals surface area contributed by atoms with E-state index in [0.717, 1.165) is 5.75 Å². The zero-order chi connectivity index (χ0) is 20.8. The molecule has 27 heavy (non-hydrogen) atoms. The van der Waals surface area contributed by atoms with Gasteiger partial charge in [-0.05, 0) is 51.2 Å². The highest BCUT2D eigenvalue weighted by Crippen LogP contribution is 2.04. The lowest BCUT2D eigenvalue weighted by atomic mass is 10.1. The summed E-state index contributed by atoms with van der Waals surface area (Å²) in [5.41, 5.74) is 11.3. The number of hydrogen-bond donors (Lipinski definition) is 6. The Labute approximate surface area is 163 Å². The Morgan fingerprint density at radius 2 is 1.70 bits per heavy atom. The van der Waals surface area contributed by atoms with Crippen LogP contribution in [-0.2, 0) is 19.2 Å². The van der Waals surface area contributed by atoms with Crippen LogP contribution in [0.3, 0.4) is 0 Å². The van der Waals surface area contributed by atoms with Gasteiger partial charge in [0, 0.05) is 0 Å². The highest BCUT2D eigenvalue weighted by atomic mass is 32.2. The van der Waals surface area contributed by atoms with Crippen molar-refractivity contribution in [3.05, 3.63) is 0 Å². The zero-order valence-corrected chi connectivity index (χ0v) is 16.6. The number of nitrogens with one attached hydrogen (secondary N) is 3. The molecule has 0 spiro atoms. The van der Waals surface area contributed by atoms with Gasteiger partial charge in [-0.25, -0.2) is 0 Å². The van der Waals surface area contributed by atoms with Gasteiger partial charge in [0.05, 0.1) is 6.04 Å². The van der Waals surface area contributed by atoms with Crippen LogP contribution in [0.25, 0.3) is 0 Å². The van der Waals surface area contributed by atoms with Crippen molar-refractivity contribution in [2.75, 3.05) is 25.1 Å². The average Bonchev–Trinajstić information content (AvgIpc) is 2.62. The molecule has 0 rings (SSSR count). The van der Waals surface area contributed by atoms with E-state index in [4.69, 9.17) is 16.6 Å². The molecule has 0 radical (unpaired) electrons. The fraction of sp³-hybridized carbons (Fsp3) is 0.750. The van der Waals surface area contributed by atoms with E-state index in [1.807, 2.05) is 6.26 Å². The number of aliphatic carboxylic acids is 1. The Morgan fingerprint density at radius 3 is 2.26 bits per heavy atom. The van der Waals surface area contributed by atoms with E-state index in [9.17, 15) is 19.2 Å². The first-order chi connectivity index (χ1) is 12.7. The number of hydrogen-bond acceptors (Lipinski definition) is 7. The van der Waals surface area contributed by atoms with Gasteiger partial charge >= 0.3 is 5.97 Å². The lowest BCUT2D eigenvalue weighted by Crippen LogP contribution is -2.55. The first kappa shape index (κ1) is 25.1. The van der Waals surface area contributed by atoms with Gasteiger partial charge in [-0.1, -0.05) is 0 Å². The summed E-state index contributed by atoms with van der Waals surface area (Å²) in [5.74, 6) is -2.06. The molecule has 0 aromatic carbocycles. The van der Waals surface area contributed by atoms with Crippen LogP contribution in [0, 0.1) is 0 Å². The first-order valence-electron chi connectivity index (χ1n) is 8.77. The normalized spacial score (nSPS) is 13.9. The Balaban J connectivity index is 4.79. The number of carboxylic acid groups (broad SMARTS) is 1. The standard InChI is InChI=1S/C16H31N5O5S/c1-10(14(24)19-9-13(22)23)20-16(26)12(5-3-4-7-17)21-15(25)11(18)6-8-27-2/h10-12H,3-9,17-18H2,1-2H3,(H,19,24)(H,20,26)(H,21,25)(H,22,23). The number of carbonyl (C=O) groups is 4. The van der Waals surface area contributed by atoms with Crippen LogP contribution in [-0.4, -0.2) is 72.0 Å². The number of amides is 3. The molecule has 0 aliphatic heterocycles. The predicted molar refractivity (Wildman–Crippen MR) is 104 cm³/mol. The van der Waals surface area contributed by atoms with Gasteiger partial charge in [0.15, 0.2) is 0 Å². The molecular weight excluding hydrogens is 374 g/mol. The lowest BCUT2D eigenvalue weighted by Gasteiger charge is -2.22. The number of carbonyl (C=O) groups excluding carboxylic acids is 3. The highest BCUT2D eigenvalue weighted by Gasteiger charge is 2.26. The molecule has 3 unspecified atom stereocenters. The topological polar surface area (TPSA) is 177 Å². The summed E-state index contributed by atoms with van der Waals surface area (Å²) >= 11 is 1.57. The molecular formula is C16H31N5O5S. The van der Waals surface area contributed by atoms with E-state index >= 15 is 0 Å². The minimum Gasteiger partial charge on any atom is -0.480 e. The molecule has 0 heterocycles. The van der Waals surface area contributed by atoms with Crippen molar-refractivity contribution in [1.82, 2.24) is 16.0 Å². The van der Waals surface area contributed by atoms with E-state index in [0.29, 0.717) is 32.2 Å². The summed E-state index contributed by atoms with van der Waals surface area (Å²) in [7, 11) is 0. The number of rotatable bonds is 14. The predicted octanol–water partition coefficient (Wildman–Crippen LogP) is -1.61. The van der Waals surface area contributed by atoms with Crippen LogP contribution in [0.2, 0.25) is 0 Å². The molecule has 11 heteroatoms. The fourth-order valence-electron chi connectivity index (χ4n) is 2.11. The van der Waals surface area contributed by atoms with Gasteiger partial charge in [0.1, 0.15) is 18.6 Å². The maximum atomic E-state index is 12.5. The Hall–Kier alpha value is -1.85. The van der Waals surface area contributed by atoms with Crippen molar-refractivity contribution in [3.8, 4) is 0 Å². The summed E-state index contributed by atoms with van der Waals surface area (Å²) in [5, 5.41) is 15.9. The maximum absolute atomic E-state index is 12.5. The molecule has 8 N–H and O–H groups in total. The third-order valence-corrected chi connectivity index (χ3v) is 4.36. The van der Waals surface area contributed by atoms with Gasteiger partial charge in [-0.3, -0.25) is 19.2 Å². The summed E-state index contributed by atoms with van der Waals surface area (Å²) in [6.07, 6.45) is 4.05. The van der Waals surface area contributed by atoms with Gasteiger partial charge in [-0.2, -0.15) is 11.8 Å². The lowest BCUT2D eigenvalue weighted by molar-refractivity contribution is -0.138. The van der Waals surface area contributed by atoms with Gasteiger partial charge in [0.2, 0.25) is 17.7 Å². The third kappa shape index (κ3) is 11.5. The maximum Gasteiger partial charge on any atom is 0.322 e. The molecule has 3 amide bonds. The third-order valence-electron chi connectivity index (χ3n) is 3.72. The number of unbranched alkanes of at least 4 members (excludes halogenated alkanes) is 1. The molecule has 0 aromatic rings. The van der Waals surface area contributed by atoms with Crippen molar-refractivity contribution in [1.29, 1.82) is 0 Å². The number of carboxylic acids is 1. The quantitative estimate of drug-likeness (QED) is 0.187. The van der Waals surface area contributed by atoms with Gasteiger partial charge in [0.25, 0.3) is 0 Å². The van der Waals surface area contributed by atoms with Crippen molar-refractivity contribution < 1.29 is 24.3 Å². The minimum absolute atomic E-state index is 0.355. The van der Waals surface area contributed by atoms with E-state index in [-0.39, 0.29) is 0 Å². The van der Waals surface area contributed by atoms with Crippen LogP contribution < -0.4 is 27.4 Å². The molecule has 0 saturated carbocycles. The van der Waals surface area contributed by atoms with Gasteiger partial charge in [-0.15, -0.1) is 0 Å². The average molecular weight is 406 g/mol. The molecule has 0 fully saturated rings. The SMILES string of the molecule is CSCCC(N)C(=O)NC(CCCCN)C(=O)NC(C)C(=O)NCC(=O)O. The van der Waals surface area contributed by atoms with Crippen molar-refractivity contribution in [2.45, 2.75) is 50.7 Å². The molecule has 0 aromatic heterocycles. The van der Waals surface area contributed by atoms with Crippen molar-refractivity contribution in [2.24, 2.45) is 11.5 Å². The monoisotopic (exact) mass is 405 g/mol. The molecule has 0 aliphatic rings. The van der Waals surface area contributed by atoms with E-state index < -0.39 is 48.4 Å². The Kier molecular flexibility index (Phi) is 13.3. The van der Waals surface area contributed by atoms with E-state index in [1.54, 1.807) is 11.8 Å². The Bertz CT molecular complexity index is 506. The molecule has 10 nitrogen and oxygen atoms in total. The highest BCUT2D eigenvalue weighted by molar-refractivity contribution is 7.98. The van der Waals surface area contributed by atoms with Gasteiger partial charge < -0.3 is 32.5 Å². The second-order valence-corrected chi connectivity index (χ2v) is 7.06. The van der Waals surface area contributed by atoms with Crippen LogP contribution in [0.15, 0.2) is 0 Å².